The Hall–Kier alpha value is -1.10. The van der Waals surface area contributed by atoms with Crippen molar-refractivity contribution in [3.63, 3.8) is 0 Å². The minimum absolute atomic E-state index is 0.0225. The molecule has 0 aromatic carbocycles. The quantitative estimate of drug-likeness (QED) is 0.517. The lowest BCUT2D eigenvalue weighted by Gasteiger charge is -2.22. The molecule has 2 amide bonds. The molecule has 1 saturated heterocycles. The monoisotopic (exact) mass is 247 g/mol. The van der Waals surface area contributed by atoms with E-state index in [-0.39, 0.29) is 11.8 Å². The maximum absolute atomic E-state index is 11.6. The lowest BCUT2D eigenvalue weighted by atomic mass is 10.4. The lowest BCUT2D eigenvalue weighted by molar-refractivity contribution is -0.123. The molecule has 5 nitrogen and oxygen atoms in total. The number of amides is 2. The van der Waals surface area contributed by atoms with E-state index in [1.165, 1.54) is 12.8 Å². The predicted octanol–water partition coefficient (Wildman–Crippen LogP) is 0.113. The van der Waals surface area contributed by atoms with Crippen molar-refractivity contribution >= 4 is 11.8 Å². The van der Waals surface area contributed by atoms with Gasteiger partial charge in [0.05, 0.1) is 6.54 Å². The summed E-state index contributed by atoms with van der Waals surface area (Å²) in [5.74, 6) is -0.0211. The van der Waals surface area contributed by atoms with Crippen molar-refractivity contribution in [2.75, 3.05) is 26.7 Å². The normalized spacial score (nSPS) is 20.2. The van der Waals surface area contributed by atoms with Crippen molar-refractivity contribution in [3.8, 4) is 0 Å². The van der Waals surface area contributed by atoms with Gasteiger partial charge in [-0.15, -0.1) is 0 Å². The van der Waals surface area contributed by atoms with Crippen LogP contribution < -0.4 is 10.6 Å². The molecule has 0 aliphatic carbocycles. The van der Waals surface area contributed by atoms with Crippen molar-refractivity contribution in [1.29, 1.82) is 0 Å². The summed E-state index contributed by atoms with van der Waals surface area (Å²) in [5, 5.41) is 5.31. The van der Waals surface area contributed by atoms with Crippen molar-refractivity contribution in [2.45, 2.75) is 38.6 Å². The number of rotatable bonds is 6. The molecular weight excluding hydrogens is 224 g/mol. The Morgan fingerprint density at radius 2 is 2.12 bits per heavy atom. The van der Waals surface area contributed by atoms with Crippen molar-refractivity contribution < 1.29 is 9.59 Å². The highest BCUT2D eigenvalue weighted by atomic mass is 16.2. The van der Waals surface area contributed by atoms with Gasteiger partial charge in [-0.3, -0.25) is 14.5 Å². The molecule has 17 heavy (non-hydrogen) atoms. The summed E-state index contributed by atoms with van der Waals surface area (Å²) in [4.78, 5) is 24.8. The van der Waals surface area contributed by atoms with Crippen molar-refractivity contribution in [2.24, 2.45) is 0 Å². The van der Waals surface area contributed by atoms with E-state index in [1.54, 1.807) is 7.05 Å². The van der Waals surface area contributed by atoms with E-state index >= 15 is 0 Å². The molecule has 2 N–H and O–H groups in total. The fourth-order valence-electron chi connectivity index (χ4n) is 2.25. The Morgan fingerprint density at radius 3 is 2.76 bits per heavy atom. The summed E-state index contributed by atoms with van der Waals surface area (Å²) in [5.41, 5.74) is 0. The van der Waals surface area contributed by atoms with Crippen LogP contribution in [0.3, 0.4) is 0 Å². The Morgan fingerprint density at radius 1 is 1.35 bits per heavy atom. The van der Waals surface area contributed by atoms with E-state index in [0.29, 0.717) is 25.6 Å². The van der Waals surface area contributed by atoms with E-state index in [4.69, 9.17) is 0 Å². The molecule has 0 radical (unpaired) electrons. The largest absolute Gasteiger partial charge is 0.359 e. The third-order valence-electron chi connectivity index (χ3n) is 3.27. The molecule has 0 bridgehead atoms. The zero-order valence-electron chi connectivity index (χ0n) is 10.8. The second kappa shape index (κ2) is 7.27. The highest BCUT2D eigenvalue weighted by Gasteiger charge is 2.24. The fraction of sp³-hybridized carbons (Fsp3) is 0.833. The van der Waals surface area contributed by atoms with Crippen LogP contribution in [0.15, 0.2) is 0 Å². The average Bonchev–Trinajstić information content (AvgIpc) is 2.76. The van der Waals surface area contributed by atoms with Crippen LogP contribution in [0.5, 0.6) is 0 Å². The minimum atomic E-state index is -0.0436. The maximum Gasteiger partial charge on any atom is 0.234 e. The van der Waals surface area contributed by atoms with Crippen LogP contribution in [-0.2, 0) is 9.59 Å². The number of nitrogens with one attached hydrogen (secondary N) is 2. The number of carbonyl (C=O) groups is 2. The molecule has 0 saturated carbocycles. The summed E-state index contributed by atoms with van der Waals surface area (Å²) in [6.45, 7) is 4.06. The van der Waals surface area contributed by atoms with Gasteiger partial charge in [0.2, 0.25) is 11.8 Å². The van der Waals surface area contributed by atoms with Crippen LogP contribution in [0.4, 0.5) is 0 Å². The van der Waals surface area contributed by atoms with Gasteiger partial charge < -0.3 is 10.6 Å². The van der Waals surface area contributed by atoms with Gasteiger partial charge in [-0.25, -0.2) is 0 Å². The van der Waals surface area contributed by atoms with Gasteiger partial charge in [-0.1, -0.05) is 6.92 Å². The van der Waals surface area contributed by atoms with Crippen LogP contribution >= 0.6 is 0 Å². The van der Waals surface area contributed by atoms with Crippen molar-refractivity contribution in [1.82, 2.24) is 15.5 Å². The Labute approximate surface area is 103 Å². The molecule has 98 valence electrons. The number of carbonyl (C=O) groups excluding carboxylic acids is 2. The van der Waals surface area contributed by atoms with E-state index in [9.17, 15) is 9.59 Å². The molecule has 1 rings (SSSR count). The first-order valence-corrected chi connectivity index (χ1v) is 6.38. The molecule has 0 spiro atoms. The van der Waals surface area contributed by atoms with E-state index in [0.717, 1.165) is 13.0 Å². The fourth-order valence-corrected chi connectivity index (χ4v) is 2.25. The highest BCUT2D eigenvalue weighted by molar-refractivity contribution is 5.80. The second-order valence-electron chi connectivity index (χ2n) is 4.45. The first-order valence-electron chi connectivity index (χ1n) is 6.38. The van der Waals surface area contributed by atoms with Crippen LogP contribution in [-0.4, -0.2) is 49.4 Å². The molecule has 1 fully saturated rings. The lowest BCUT2D eigenvalue weighted by Crippen LogP contribution is -2.40. The first-order chi connectivity index (χ1) is 8.17. The van der Waals surface area contributed by atoms with Gasteiger partial charge in [0.15, 0.2) is 0 Å². The van der Waals surface area contributed by atoms with E-state index in [1.807, 2.05) is 0 Å². The maximum atomic E-state index is 11.6. The number of hydrogen-bond donors (Lipinski definition) is 2. The molecule has 0 aromatic rings. The highest BCUT2D eigenvalue weighted by Crippen LogP contribution is 2.18. The Bertz CT molecular complexity index is 268. The van der Waals surface area contributed by atoms with Crippen molar-refractivity contribution in [3.05, 3.63) is 0 Å². The van der Waals surface area contributed by atoms with Gasteiger partial charge in [0.1, 0.15) is 0 Å². The molecule has 0 aromatic heterocycles. The number of nitrogens with zero attached hydrogens (tertiary/aromatic N) is 1. The molecule has 1 aliphatic rings. The van der Waals surface area contributed by atoms with Gasteiger partial charge >= 0.3 is 0 Å². The van der Waals surface area contributed by atoms with E-state index in [2.05, 4.69) is 22.5 Å². The minimum Gasteiger partial charge on any atom is -0.359 e. The topological polar surface area (TPSA) is 61.4 Å². The van der Waals surface area contributed by atoms with Gasteiger partial charge in [0.25, 0.3) is 0 Å². The zero-order valence-corrected chi connectivity index (χ0v) is 10.8. The number of likely N-dealkylation sites (tertiary alicyclic amines) is 1. The molecular formula is C12H23N3O2. The summed E-state index contributed by atoms with van der Waals surface area (Å²) < 4.78 is 0. The smallest absolute Gasteiger partial charge is 0.234 e. The summed E-state index contributed by atoms with van der Waals surface area (Å²) in [7, 11) is 1.60. The summed E-state index contributed by atoms with van der Waals surface area (Å²) in [6, 6.07) is 0.555. The summed E-state index contributed by atoms with van der Waals surface area (Å²) >= 11 is 0. The zero-order chi connectivity index (χ0) is 12.7. The van der Waals surface area contributed by atoms with E-state index < -0.39 is 0 Å². The van der Waals surface area contributed by atoms with Crippen LogP contribution in [0.25, 0.3) is 0 Å². The SMILES string of the molecule is [13CH3][13CH2][13CH]1CCCN1[13CH2]C(=O)NCCC(=O)[15NH][13CH3]. The predicted molar refractivity (Wildman–Crippen MR) is 66.6 cm³/mol. The van der Waals surface area contributed by atoms with Gasteiger partial charge in [-0.05, 0) is 25.8 Å². The second-order valence-corrected chi connectivity index (χ2v) is 4.45. The van der Waals surface area contributed by atoms with Crippen LogP contribution in [0.1, 0.15) is 32.6 Å². The van der Waals surface area contributed by atoms with Gasteiger partial charge in [0, 0.05) is 26.1 Å². The average molecular weight is 247 g/mol. The molecule has 1 unspecified atom stereocenters. The molecule has 1 atom stereocenters. The van der Waals surface area contributed by atoms with Gasteiger partial charge in [-0.2, -0.15) is 0 Å². The Balaban J connectivity index is 2.18. The number of hydrogen-bond acceptors (Lipinski definition) is 3. The van der Waals surface area contributed by atoms with Crippen LogP contribution in [0, 0.1) is 0 Å². The standard InChI is InChI=1S/C12H23N3O2/c1-3-10-5-4-8-15(10)9-12(17)14-7-6-11(16)13-2/h10H,3-9H2,1-2H3,(H,13,16)(H,14,17)/i1+1,2+1,3+1,9+1,10+1,13+1. The molecule has 5 heteroatoms. The first kappa shape index (κ1) is 14.0. The Kier molecular flexibility index (Phi) is 5.97. The molecule has 1 aliphatic heterocycles. The summed E-state index contributed by atoms with van der Waals surface area (Å²) in [6.07, 6.45) is 3.83. The third kappa shape index (κ3) is 4.73. The third-order valence-corrected chi connectivity index (χ3v) is 3.27. The van der Waals surface area contributed by atoms with Crippen LogP contribution in [0.2, 0.25) is 0 Å². The molecule has 1 heterocycles.